The van der Waals surface area contributed by atoms with Crippen LogP contribution >= 0.6 is 22.9 Å². The molecule has 2 aromatic heterocycles. The molecule has 4 heterocycles. The summed E-state index contributed by atoms with van der Waals surface area (Å²) >= 11 is 7.75. The lowest BCUT2D eigenvalue weighted by molar-refractivity contribution is 0.00848. The summed E-state index contributed by atoms with van der Waals surface area (Å²) in [6.07, 6.45) is 1.66. The van der Waals surface area contributed by atoms with Crippen molar-refractivity contribution in [1.29, 1.82) is 0 Å². The van der Waals surface area contributed by atoms with Crippen molar-refractivity contribution in [3.05, 3.63) is 56.6 Å². The molecule has 2 amide bonds. The standard InChI is InChI=1S/C23H24ClN5O2S/c1-14-3-4-19(24)18-11-17(15(2)26-20(14)18)22(30)29-12-16(13-29)27-6-8-28(9-7-27)23(31)21-25-5-10-32-21/h3-5,10-11,16H,6-9,12-13H2,1-2H3. The van der Waals surface area contributed by atoms with Crippen molar-refractivity contribution >= 4 is 45.7 Å². The lowest BCUT2D eigenvalue weighted by Crippen LogP contribution is -2.64. The maximum atomic E-state index is 13.2. The number of pyridine rings is 1. The molecule has 9 heteroatoms. The maximum absolute atomic E-state index is 13.2. The first-order valence-corrected chi connectivity index (χ1v) is 12.0. The molecule has 2 saturated heterocycles. The summed E-state index contributed by atoms with van der Waals surface area (Å²) in [6.45, 7) is 8.27. The molecular formula is C23H24ClN5O2S. The zero-order valence-corrected chi connectivity index (χ0v) is 19.6. The molecule has 166 valence electrons. The van der Waals surface area contributed by atoms with Crippen LogP contribution in [0.4, 0.5) is 0 Å². The third-order valence-corrected chi connectivity index (χ3v) is 7.53. The number of aromatic nitrogens is 2. The molecule has 2 fully saturated rings. The number of aryl methyl sites for hydroxylation is 2. The zero-order valence-electron chi connectivity index (χ0n) is 18.0. The van der Waals surface area contributed by atoms with Crippen LogP contribution in [0.5, 0.6) is 0 Å². The largest absolute Gasteiger partial charge is 0.335 e. The molecule has 0 atom stereocenters. The van der Waals surface area contributed by atoms with Gasteiger partial charge in [-0.25, -0.2) is 4.98 Å². The molecule has 5 rings (SSSR count). The summed E-state index contributed by atoms with van der Waals surface area (Å²) in [5, 5.41) is 3.80. The molecule has 0 radical (unpaired) electrons. The zero-order chi connectivity index (χ0) is 22.4. The average Bonchev–Trinajstić information content (AvgIpc) is 3.30. The van der Waals surface area contributed by atoms with Crippen LogP contribution in [0.25, 0.3) is 10.9 Å². The van der Waals surface area contributed by atoms with Crippen molar-refractivity contribution in [2.45, 2.75) is 19.9 Å². The lowest BCUT2D eigenvalue weighted by Gasteiger charge is -2.48. The highest BCUT2D eigenvalue weighted by atomic mass is 35.5. The molecule has 1 aromatic carbocycles. The second-order valence-corrected chi connectivity index (χ2v) is 9.71. The van der Waals surface area contributed by atoms with E-state index in [-0.39, 0.29) is 11.8 Å². The van der Waals surface area contributed by atoms with Crippen LogP contribution < -0.4 is 0 Å². The van der Waals surface area contributed by atoms with E-state index in [2.05, 4.69) is 14.9 Å². The Hall–Kier alpha value is -2.55. The number of likely N-dealkylation sites (tertiary alicyclic amines) is 1. The number of hydrogen-bond acceptors (Lipinski definition) is 6. The molecule has 2 aliphatic rings. The van der Waals surface area contributed by atoms with Gasteiger partial charge < -0.3 is 9.80 Å². The van der Waals surface area contributed by atoms with Crippen molar-refractivity contribution in [2.24, 2.45) is 0 Å². The molecule has 0 spiro atoms. The first-order valence-electron chi connectivity index (χ1n) is 10.7. The van der Waals surface area contributed by atoms with Crippen LogP contribution in [0.3, 0.4) is 0 Å². The number of benzene rings is 1. The number of amides is 2. The SMILES string of the molecule is Cc1nc2c(C)ccc(Cl)c2cc1C(=O)N1CC(N2CCN(C(=O)c3nccs3)CC2)C1. The first-order chi connectivity index (χ1) is 15.4. The second kappa shape index (κ2) is 8.42. The van der Waals surface area contributed by atoms with Crippen molar-refractivity contribution in [3.8, 4) is 0 Å². The Balaban J connectivity index is 1.21. The monoisotopic (exact) mass is 469 g/mol. The quantitative estimate of drug-likeness (QED) is 0.589. The van der Waals surface area contributed by atoms with Crippen LogP contribution in [-0.2, 0) is 0 Å². The molecule has 0 unspecified atom stereocenters. The van der Waals surface area contributed by atoms with Crippen LogP contribution in [0.2, 0.25) is 5.02 Å². The van der Waals surface area contributed by atoms with E-state index in [1.165, 1.54) is 11.3 Å². The molecule has 0 N–H and O–H groups in total. The van der Waals surface area contributed by atoms with Gasteiger partial charge in [0.2, 0.25) is 0 Å². The van der Waals surface area contributed by atoms with Gasteiger partial charge in [-0.3, -0.25) is 19.5 Å². The summed E-state index contributed by atoms with van der Waals surface area (Å²) < 4.78 is 0. The number of hydrogen-bond donors (Lipinski definition) is 0. The maximum Gasteiger partial charge on any atom is 0.282 e. The molecule has 7 nitrogen and oxygen atoms in total. The van der Waals surface area contributed by atoms with Gasteiger partial charge in [0.1, 0.15) is 0 Å². The third-order valence-electron chi connectivity index (χ3n) is 6.44. The second-order valence-electron chi connectivity index (χ2n) is 8.41. The predicted molar refractivity (Wildman–Crippen MR) is 126 cm³/mol. The number of fused-ring (bicyclic) bond motifs is 1. The lowest BCUT2D eigenvalue weighted by atomic mass is 10.0. The Labute approximate surface area is 195 Å². The summed E-state index contributed by atoms with van der Waals surface area (Å²) in [5.41, 5.74) is 3.23. The third kappa shape index (κ3) is 3.76. The molecule has 0 saturated carbocycles. The van der Waals surface area contributed by atoms with E-state index in [1.54, 1.807) is 6.20 Å². The van der Waals surface area contributed by atoms with Gasteiger partial charge in [-0.15, -0.1) is 11.3 Å². The van der Waals surface area contributed by atoms with Gasteiger partial charge in [-0.05, 0) is 31.5 Å². The summed E-state index contributed by atoms with van der Waals surface area (Å²) in [5.74, 6) is 0.0153. The summed E-state index contributed by atoms with van der Waals surface area (Å²) in [7, 11) is 0. The van der Waals surface area contributed by atoms with E-state index in [0.717, 1.165) is 35.2 Å². The fourth-order valence-corrected chi connectivity index (χ4v) is 5.26. The molecule has 32 heavy (non-hydrogen) atoms. The predicted octanol–water partition coefficient (Wildman–Crippen LogP) is 3.24. The number of carbonyl (C=O) groups is 2. The average molecular weight is 470 g/mol. The van der Waals surface area contributed by atoms with E-state index < -0.39 is 0 Å². The Morgan fingerprint density at radius 1 is 1.06 bits per heavy atom. The number of piperazine rings is 1. The highest BCUT2D eigenvalue weighted by molar-refractivity contribution is 7.11. The van der Waals surface area contributed by atoms with Crippen molar-refractivity contribution in [3.63, 3.8) is 0 Å². The minimum Gasteiger partial charge on any atom is -0.335 e. The van der Waals surface area contributed by atoms with Crippen molar-refractivity contribution in [2.75, 3.05) is 39.3 Å². The summed E-state index contributed by atoms with van der Waals surface area (Å²) in [4.78, 5) is 40.5. The fourth-order valence-electron chi connectivity index (χ4n) is 4.45. The van der Waals surface area contributed by atoms with Gasteiger partial charge in [0, 0.05) is 62.3 Å². The highest BCUT2D eigenvalue weighted by Gasteiger charge is 2.37. The van der Waals surface area contributed by atoms with Gasteiger partial charge in [0.05, 0.1) is 21.8 Å². The normalized spacial score (nSPS) is 17.6. The van der Waals surface area contributed by atoms with Crippen LogP contribution in [-0.4, -0.2) is 81.8 Å². The van der Waals surface area contributed by atoms with Crippen LogP contribution in [0, 0.1) is 13.8 Å². The minimum absolute atomic E-state index is 0.00306. The van der Waals surface area contributed by atoms with E-state index in [9.17, 15) is 9.59 Å². The Bertz CT molecular complexity index is 1180. The molecule has 0 aliphatic carbocycles. The molecular weight excluding hydrogens is 446 g/mol. The van der Waals surface area contributed by atoms with Crippen LogP contribution in [0.15, 0.2) is 29.8 Å². The Morgan fingerprint density at radius 3 is 2.50 bits per heavy atom. The van der Waals surface area contributed by atoms with Crippen LogP contribution in [0.1, 0.15) is 31.4 Å². The number of halogens is 1. The topological polar surface area (TPSA) is 69.6 Å². The van der Waals surface area contributed by atoms with Gasteiger partial charge >= 0.3 is 0 Å². The Morgan fingerprint density at radius 2 is 1.81 bits per heavy atom. The Kier molecular flexibility index (Phi) is 5.61. The van der Waals surface area contributed by atoms with Gasteiger partial charge in [0.15, 0.2) is 5.01 Å². The van der Waals surface area contributed by atoms with E-state index in [0.29, 0.717) is 47.8 Å². The van der Waals surface area contributed by atoms with Gasteiger partial charge in [-0.2, -0.15) is 0 Å². The smallest absolute Gasteiger partial charge is 0.282 e. The highest BCUT2D eigenvalue weighted by Crippen LogP contribution is 2.29. The molecule has 0 bridgehead atoms. The summed E-state index contributed by atoms with van der Waals surface area (Å²) in [6, 6.07) is 6.01. The van der Waals surface area contributed by atoms with E-state index >= 15 is 0 Å². The molecule has 2 aliphatic heterocycles. The molecule has 3 aromatic rings. The van der Waals surface area contributed by atoms with E-state index in [1.807, 2.05) is 47.2 Å². The first kappa shape index (κ1) is 21.3. The number of nitrogens with zero attached hydrogens (tertiary/aromatic N) is 5. The number of rotatable bonds is 3. The number of thiazole rings is 1. The van der Waals surface area contributed by atoms with Gasteiger partial charge in [-0.1, -0.05) is 17.7 Å². The van der Waals surface area contributed by atoms with E-state index in [4.69, 9.17) is 11.6 Å². The van der Waals surface area contributed by atoms with Crippen molar-refractivity contribution < 1.29 is 9.59 Å². The number of carbonyl (C=O) groups excluding carboxylic acids is 2. The minimum atomic E-state index is 0.00306. The fraction of sp³-hybridized carbons (Fsp3) is 0.391. The van der Waals surface area contributed by atoms with Crippen molar-refractivity contribution in [1.82, 2.24) is 24.7 Å². The van der Waals surface area contributed by atoms with Gasteiger partial charge in [0.25, 0.3) is 11.8 Å².